The summed E-state index contributed by atoms with van der Waals surface area (Å²) in [6.07, 6.45) is 1.45. The van der Waals surface area contributed by atoms with Crippen LogP contribution in [-0.2, 0) is 0 Å². The fourth-order valence-corrected chi connectivity index (χ4v) is 2.54. The summed E-state index contributed by atoms with van der Waals surface area (Å²) >= 11 is 1.63. The third kappa shape index (κ3) is 1.20. The molecule has 0 aliphatic carbocycles. The van der Waals surface area contributed by atoms with E-state index in [4.69, 9.17) is 5.73 Å². The topological polar surface area (TPSA) is 69.1 Å². The Hall–Kier alpha value is -1.95. The molecule has 0 bridgehead atoms. The van der Waals surface area contributed by atoms with Gasteiger partial charge in [-0.05, 0) is 18.4 Å². The van der Waals surface area contributed by atoms with Crippen LogP contribution in [0.3, 0.4) is 0 Å². The summed E-state index contributed by atoms with van der Waals surface area (Å²) in [5, 5.41) is 6.07. The normalized spacial score (nSPS) is 11.1. The smallest absolute Gasteiger partial charge is 0.254 e. The van der Waals surface area contributed by atoms with Gasteiger partial charge in [-0.25, -0.2) is 4.98 Å². The highest BCUT2D eigenvalue weighted by Gasteiger charge is 2.13. The predicted octanol–water partition coefficient (Wildman–Crippen LogP) is 1.74. The van der Waals surface area contributed by atoms with Crippen molar-refractivity contribution in [3.63, 3.8) is 0 Å². The molecule has 0 unspecified atom stereocenters. The van der Waals surface area contributed by atoms with Gasteiger partial charge in [0.1, 0.15) is 12.1 Å². The molecule has 3 aromatic heterocycles. The van der Waals surface area contributed by atoms with Gasteiger partial charge in [-0.15, -0.1) is 11.3 Å². The lowest BCUT2D eigenvalue weighted by molar-refractivity contribution is 0.945. The Balaban J connectivity index is 2.39. The number of rotatable bonds is 1. The van der Waals surface area contributed by atoms with Crippen LogP contribution in [0.4, 0.5) is 5.82 Å². The molecule has 2 N–H and O–H groups in total. The fourth-order valence-electron chi connectivity index (χ4n) is 1.70. The summed E-state index contributed by atoms with van der Waals surface area (Å²) in [6, 6.07) is 4.01. The van der Waals surface area contributed by atoms with Crippen LogP contribution in [-0.4, -0.2) is 19.6 Å². The zero-order valence-electron chi connectivity index (χ0n) is 8.58. The lowest BCUT2D eigenvalue weighted by Gasteiger charge is -2.07. The minimum absolute atomic E-state index is 0.537. The number of anilines is 1. The van der Waals surface area contributed by atoms with E-state index >= 15 is 0 Å². The van der Waals surface area contributed by atoms with E-state index in [0.717, 1.165) is 16.1 Å². The number of nitrogens with two attached hydrogens (primary N) is 1. The number of fused-ring (bicyclic) bond motifs is 1. The van der Waals surface area contributed by atoms with Crippen molar-refractivity contribution in [2.75, 3.05) is 5.73 Å². The van der Waals surface area contributed by atoms with Crippen molar-refractivity contribution in [1.82, 2.24) is 19.6 Å². The van der Waals surface area contributed by atoms with Crippen molar-refractivity contribution in [3.8, 4) is 10.4 Å². The van der Waals surface area contributed by atoms with Crippen molar-refractivity contribution < 1.29 is 0 Å². The second-order valence-corrected chi connectivity index (χ2v) is 4.35. The Morgan fingerprint density at radius 3 is 3.06 bits per heavy atom. The van der Waals surface area contributed by atoms with Gasteiger partial charge in [-0.1, -0.05) is 6.07 Å². The monoisotopic (exact) mass is 231 g/mol. The highest BCUT2D eigenvalue weighted by Crippen LogP contribution is 2.31. The van der Waals surface area contributed by atoms with Gasteiger partial charge in [-0.2, -0.15) is 14.6 Å². The fraction of sp³-hybridized carbons (Fsp3) is 0.100. The van der Waals surface area contributed by atoms with E-state index < -0.39 is 0 Å². The van der Waals surface area contributed by atoms with Gasteiger partial charge in [0, 0.05) is 4.88 Å². The summed E-state index contributed by atoms with van der Waals surface area (Å²) in [4.78, 5) is 9.49. The maximum absolute atomic E-state index is 6.08. The van der Waals surface area contributed by atoms with Crippen LogP contribution in [0.15, 0.2) is 23.8 Å². The summed E-state index contributed by atoms with van der Waals surface area (Å²) in [7, 11) is 0. The van der Waals surface area contributed by atoms with Crippen LogP contribution in [0.2, 0.25) is 0 Å². The van der Waals surface area contributed by atoms with Gasteiger partial charge in [0.15, 0.2) is 0 Å². The van der Waals surface area contributed by atoms with Crippen LogP contribution < -0.4 is 5.73 Å². The first-order valence-corrected chi connectivity index (χ1v) is 5.65. The second-order valence-electron chi connectivity index (χ2n) is 3.41. The molecule has 5 nitrogen and oxygen atoms in total. The standard InChI is InChI=1S/C10H9N5S/c1-6-8(7-3-2-4-16-7)9(11)15-10(14-6)12-5-13-15/h2-5H,11H2,1H3. The van der Waals surface area contributed by atoms with Crippen LogP contribution in [0, 0.1) is 6.92 Å². The van der Waals surface area contributed by atoms with Crippen LogP contribution in [0.25, 0.3) is 16.2 Å². The number of nitrogens with zero attached hydrogens (tertiary/aromatic N) is 4. The Morgan fingerprint density at radius 2 is 2.31 bits per heavy atom. The first-order valence-electron chi connectivity index (χ1n) is 4.77. The molecule has 16 heavy (non-hydrogen) atoms. The highest BCUT2D eigenvalue weighted by molar-refractivity contribution is 7.13. The number of nitrogen functional groups attached to an aromatic ring is 1. The van der Waals surface area contributed by atoms with Gasteiger partial charge < -0.3 is 5.73 Å². The third-order valence-corrected chi connectivity index (χ3v) is 3.30. The molecule has 3 rings (SSSR count). The SMILES string of the molecule is Cc1nc2ncnn2c(N)c1-c1cccs1. The molecule has 0 atom stereocenters. The minimum atomic E-state index is 0.537. The van der Waals surface area contributed by atoms with Crippen molar-refractivity contribution >= 4 is 22.9 Å². The molecular weight excluding hydrogens is 222 g/mol. The Kier molecular flexibility index (Phi) is 1.90. The number of aromatic nitrogens is 4. The van der Waals surface area contributed by atoms with E-state index in [0.29, 0.717) is 11.6 Å². The first kappa shape index (κ1) is 9.29. The summed E-state index contributed by atoms with van der Waals surface area (Å²) in [5.41, 5.74) is 7.90. The largest absolute Gasteiger partial charge is 0.383 e. The molecule has 80 valence electrons. The molecule has 6 heteroatoms. The Labute approximate surface area is 95.6 Å². The quantitative estimate of drug-likeness (QED) is 0.692. The molecule has 0 fully saturated rings. The molecule has 3 aromatic rings. The summed E-state index contributed by atoms with van der Waals surface area (Å²) in [6.45, 7) is 1.93. The van der Waals surface area contributed by atoms with E-state index in [1.807, 2.05) is 24.4 Å². The van der Waals surface area contributed by atoms with E-state index in [9.17, 15) is 0 Å². The maximum atomic E-state index is 6.08. The van der Waals surface area contributed by atoms with Gasteiger partial charge in [0.25, 0.3) is 5.78 Å². The molecule has 0 aromatic carbocycles. The maximum Gasteiger partial charge on any atom is 0.254 e. The number of hydrogen-bond donors (Lipinski definition) is 1. The summed E-state index contributed by atoms with van der Waals surface area (Å²) < 4.78 is 1.56. The Morgan fingerprint density at radius 1 is 1.44 bits per heavy atom. The van der Waals surface area contributed by atoms with Crippen molar-refractivity contribution in [2.45, 2.75) is 6.92 Å². The predicted molar refractivity (Wildman–Crippen MR) is 63.2 cm³/mol. The number of aryl methyl sites for hydroxylation is 1. The average molecular weight is 231 g/mol. The molecule has 0 spiro atoms. The number of hydrogen-bond acceptors (Lipinski definition) is 5. The molecule has 0 aliphatic heterocycles. The first-order chi connectivity index (χ1) is 7.77. The van der Waals surface area contributed by atoms with E-state index in [-0.39, 0.29) is 0 Å². The molecular formula is C10H9N5S. The van der Waals surface area contributed by atoms with E-state index in [1.165, 1.54) is 6.33 Å². The van der Waals surface area contributed by atoms with Crippen molar-refractivity contribution in [3.05, 3.63) is 29.5 Å². The van der Waals surface area contributed by atoms with Crippen LogP contribution in [0.5, 0.6) is 0 Å². The second kappa shape index (κ2) is 3.28. The zero-order chi connectivity index (χ0) is 11.1. The lowest BCUT2D eigenvalue weighted by atomic mass is 10.2. The molecule has 0 radical (unpaired) electrons. The highest BCUT2D eigenvalue weighted by atomic mass is 32.1. The zero-order valence-corrected chi connectivity index (χ0v) is 9.40. The third-order valence-electron chi connectivity index (χ3n) is 2.41. The van der Waals surface area contributed by atoms with Crippen molar-refractivity contribution in [1.29, 1.82) is 0 Å². The average Bonchev–Trinajstić information content (AvgIpc) is 2.87. The molecule has 0 aliphatic rings. The Bertz CT molecular complexity index is 641. The van der Waals surface area contributed by atoms with E-state index in [1.54, 1.807) is 15.9 Å². The van der Waals surface area contributed by atoms with Gasteiger partial charge in [-0.3, -0.25) is 0 Å². The van der Waals surface area contributed by atoms with E-state index in [2.05, 4.69) is 15.1 Å². The number of thiophene rings is 1. The van der Waals surface area contributed by atoms with Gasteiger partial charge in [0.2, 0.25) is 0 Å². The minimum Gasteiger partial charge on any atom is -0.383 e. The lowest BCUT2D eigenvalue weighted by Crippen LogP contribution is -2.05. The van der Waals surface area contributed by atoms with Crippen LogP contribution >= 0.6 is 11.3 Å². The van der Waals surface area contributed by atoms with Gasteiger partial charge >= 0.3 is 0 Å². The molecule has 0 amide bonds. The summed E-state index contributed by atoms with van der Waals surface area (Å²) in [5.74, 6) is 1.12. The molecule has 3 heterocycles. The molecule has 0 saturated heterocycles. The molecule has 0 saturated carbocycles. The van der Waals surface area contributed by atoms with Gasteiger partial charge in [0.05, 0.1) is 11.3 Å². The van der Waals surface area contributed by atoms with Crippen LogP contribution in [0.1, 0.15) is 5.69 Å². The van der Waals surface area contributed by atoms with Crippen molar-refractivity contribution in [2.24, 2.45) is 0 Å².